The molecule has 0 aliphatic rings. The third kappa shape index (κ3) is 5.71. The largest absolute Gasteiger partial charge is 0.482 e. The van der Waals surface area contributed by atoms with Crippen molar-refractivity contribution in [3.05, 3.63) is 29.8 Å². The molecule has 122 valence electrons. The van der Waals surface area contributed by atoms with Gasteiger partial charge in [-0.15, -0.1) is 0 Å². The molecule has 0 radical (unpaired) electrons. The number of methoxy groups -OCH3 is 1. The molecular weight excluding hydrogens is 292 g/mol. The summed E-state index contributed by atoms with van der Waals surface area (Å²) in [6, 6.07) is 6.15. The van der Waals surface area contributed by atoms with Crippen LogP contribution in [0.3, 0.4) is 0 Å². The molecule has 0 heterocycles. The lowest BCUT2D eigenvalue weighted by Gasteiger charge is -2.17. The maximum atomic E-state index is 11.3. The van der Waals surface area contributed by atoms with Gasteiger partial charge in [0.15, 0.2) is 6.61 Å². The molecule has 1 rings (SSSR count). The van der Waals surface area contributed by atoms with Gasteiger partial charge in [-0.05, 0) is 24.6 Å². The Morgan fingerprint density at radius 2 is 1.77 bits per heavy atom. The summed E-state index contributed by atoms with van der Waals surface area (Å²) in [5.41, 5.74) is 0.419. The Kier molecular flexibility index (Phi) is 7.34. The van der Waals surface area contributed by atoms with Crippen molar-refractivity contribution in [2.24, 2.45) is 0 Å². The lowest BCUT2D eigenvalue weighted by molar-refractivity contribution is -0.147. The Hall–Kier alpha value is -2.12. The molecule has 0 spiro atoms. The first-order valence-electron chi connectivity index (χ1n) is 6.79. The second kappa shape index (κ2) is 9.01. The normalized spacial score (nSPS) is 13.1. The molecule has 2 unspecified atom stereocenters. The minimum atomic E-state index is -1.26. The van der Waals surface area contributed by atoms with E-state index in [9.17, 15) is 19.8 Å². The van der Waals surface area contributed by atoms with Crippen molar-refractivity contribution in [1.29, 1.82) is 0 Å². The first-order chi connectivity index (χ1) is 10.5. The van der Waals surface area contributed by atoms with Gasteiger partial charge >= 0.3 is 11.9 Å². The number of carbonyl (C=O) groups excluding carboxylic acids is 2. The molecule has 22 heavy (non-hydrogen) atoms. The van der Waals surface area contributed by atoms with Crippen molar-refractivity contribution in [2.45, 2.75) is 25.6 Å². The van der Waals surface area contributed by atoms with Gasteiger partial charge in [0.2, 0.25) is 0 Å². The van der Waals surface area contributed by atoms with Crippen LogP contribution in [0.4, 0.5) is 0 Å². The smallest absolute Gasteiger partial charge is 0.343 e. The lowest BCUT2D eigenvalue weighted by Crippen LogP contribution is -2.23. The van der Waals surface area contributed by atoms with Crippen LogP contribution in [-0.2, 0) is 19.1 Å². The predicted octanol–water partition coefficient (Wildman–Crippen LogP) is 0.586. The van der Waals surface area contributed by atoms with Crippen molar-refractivity contribution >= 4 is 11.9 Å². The van der Waals surface area contributed by atoms with Crippen LogP contribution >= 0.6 is 0 Å². The number of benzene rings is 1. The number of hydrogen-bond acceptors (Lipinski definition) is 7. The average Bonchev–Trinajstić information content (AvgIpc) is 2.52. The Bertz CT molecular complexity index is 483. The molecule has 2 N–H and O–H groups in total. The molecule has 0 fully saturated rings. The highest BCUT2D eigenvalue weighted by Crippen LogP contribution is 2.22. The lowest BCUT2D eigenvalue weighted by atomic mass is 10.0. The number of aliphatic hydroxyl groups is 2. The highest BCUT2D eigenvalue weighted by atomic mass is 16.6. The van der Waals surface area contributed by atoms with Crippen molar-refractivity contribution in [1.82, 2.24) is 0 Å². The fourth-order valence-corrected chi connectivity index (χ4v) is 1.69. The van der Waals surface area contributed by atoms with Gasteiger partial charge in [0.05, 0.1) is 26.2 Å². The van der Waals surface area contributed by atoms with E-state index in [4.69, 9.17) is 9.47 Å². The molecular formula is C15H20O7. The van der Waals surface area contributed by atoms with Crippen LogP contribution in [0.5, 0.6) is 5.75 Å². The predicted molar refractivity (Wildman–Crippen MR) is 76.2 cm³/mol. The molecule has 1 aromatic carbocycles. The zero-order chi connectivity index (χ0) is 16.5. The Labute approximate surface area is 128 Å². The van der Waals surface area contributed by atoms with Gasteiger partial charge in [-0.3, -0.25) is 4.79 Å². The summed E-state index contributed by atoms with van der Waals surface area (Å²) in [6.45, 7) is 1.66. The van der Waals surface area contributed by atoms with Crippen molar-refractivity contribution in [3.63, 3.8) is 0 Å². The SMILES string of the molecule is CCOC(=O)CC(O)C(O)c1ccc(OCC(=O)OC)cc1. The van der Waals surface area contributed by atoms with E-state index < -0.39 is 24.1 Å². The van der Waals surface area contributed by atoms with E-state index in [0.717, 1.165) is 0 Å². The average molecular weight is 312 g/mol. The maximum Gasteiger partial charge on any atom is 0.343 e. The van der Waals surface area contributed by atoms with Crippen molar-refractivity contribution in [2.75, 3.05) is 20.3 Å². The fraction of sp³-hybridized carbons (Fsp3) is 0.467. The molecule has 2 atom stereocenters. The molecule has 7 nitrogen and oxygen atoms in total. The van der Waals surface area contributed by atoms with E-state index in [2.05, 4.69) is 4.74 Å². The Balaban J connectivity index is 2.57. The third-order valence-corrected chi connectivity index (χ3v) is 2.85. The van der Waals surface area contributed by atoms with Crippen LogP contribution in [0.25, 0.3) is 0 Å². The first-order valence-corrected chi connectivity index (χ1v) is 6.79. The molecule has 1 aromatic rings. The van der Waals surface area contributed by atoms with Crippen LogP contribution in [0.2, 0.25) is 0 Å². The van der Waals surface area contributed by atoms with Crippen LogP contribution in [0, 0.1) is 0 Å². The van der Waals surface area contributed by atoms with Gasteiger partial charge < -0.3 is 24.4 Å². The number of rotatable bonds is 8. The molecule has 0 saturated carbocycles. The number of aliphatic hydroxyl groups excluding tert-OH is 2. The van der Waals surface area contributed by atoms with Gasteiger partial charge in [-0.1, -0.05) is 12.1 Å². The molecule has 0 amide bonds. The van der Waals surface area contributed by atoms with Gasteiger partial charge in [-0.2, -0.15) is 0 Å². The highest BCUT2D eigenvalue weighted by molar-refractivity contribution is 5.71. The summed E-state index contributed by atoms with van der Waals surface area (Å²) in [7, 11) is 1.26. The summed E-state index contributed by atoms with van der Waals surface area (Å²) in [5, 5.41) is 19.8. The van der Waals surface area contributed by atoms with E-state index in [0.29, 0.717) is 11.3 Å². The molecule has 0 saturated heterocycles. The van der Waals surface area contributed by atoms with Gasteiger partial charge in [-0.25, -0.2) is 4.79 Å². The van der Waals surface area contributed by atoms with Crippen molar-refractivity contribution in [3.8, 4) is 5.75 Å². The summed E-state index contributed by atoms with van der Waals surface area (Å²) in [4.78, 5) is 22.2. The van der Waals surface area contributed by atoms with E-state index in [-0.39, 0.29) is 19.6 Å². The number of carbonyl (C=O) groups is 2. The Morgan fingerprint density at radius 1 is 1.14 bits per heavy atom. The monoisotopic (exact) mass is 312 g/mol. The molecule has 0 aliphatic heterocycles. The summed E-state index contributed by atoms with van der Waals surface area (Å²) >= 11 is 0. The van der Waals surface area contributed by atoms with Gasteiger partial charge in [0.1, 0.15) is 11.9 Å². The summed E-state index contributed by atoms with van der Waals surface area (Å²) in [5.74, 6) is -0.665. The molecule has 0 aromatic heterocycles. The third-order valence-electron chi connectivity index (χ3n) is 2.85. The van der Waals surface area contributed by atoms with Crippen LogP contribution < -0.4 is 4.74 Å². The molecule has 0 bridgehead atoms. The van der Waals surface area contributed by atoms with Crippen LogP contribution in [-0.4, -0.2) is 48.6 Å². The number of hydrogen-bond donors (Lipinski definition) is 2. The minimum Gasteiger partial charge on any atom is -0.482 e. The second-order valence-electron chi connectivity index (χ2n) is 4.46. The van der Waals surface area contributed by atoms with Crippen molar-refractivity contribution < 1.29 is 34.0 Å². The topological polar surface area (TPSA) is 102 Å². The van der Waals surface area contributed by atoms with Gasteiger partial charge in [0.25, 0.3) is 0 Å². The first kappa shape index (κ1) is 17.9. The summed E-state index contributed by atoms with van der Waals surface area (Å²) < 4.78 is 14.3. The molecule has 7 heteroatoms. The molecule has 0 aliphatic carbocycles. The van der Waals surface area contributed by atoms with E-state index in [1.165, 1.54) is 19.2 Å². The number of esters is 2. The summed E-state index contributed by atoms with van der Waals surface area (Å²) in [6.07, 6.45) is -2.78. The number of ether oxygens (including phenoxy) is 3. The van der Waals surface area contributed by atoms with Crippen LogP contribution in [0.15, 0.2) is 24.3 Å². The van der Waals surface area contributed by atoms with E-state index in [1.807, 2.05) is 0 Å². The van der Waals surface area contributed by atoms with Crippen LogP contribution in [0.1, 0.15) is 25.0 Å². The quantitative estimate of drug-likeness (QED) is 0.677. The Morgan fingerprint density at radius 3 is 2.32 bits per heavy atom. The minimum absolute atomic E-state index is 0.216. The van der Waals surface area contributed by atoms with Gasteiger partial charge in [0, 0.05) is 0 Å². The zero-order valence-electron chi connectivity index (χ0n) is 12.5. The fourth-order valence-electron chi connectivity index (χ4n) is 1.69. The van der Waals surface area contributed by atoms with E-state index >= 15 is 0 Å². The highest BCUT2D eigenvalue weighted by Gasteiger charge is 2.22. The maximum absolute atomic E-state index is 11.3. The standard InChI is InChI=1S/C15H20O7/c1-3-21-13(17)8-12(16)15(19)10-4-6-11(7-5-10)22-9-14(18)20-2/h4-7,12,15-16,19H,3,8-9H2,1-2H3. The van der Waals surface area contributed by atoms with E-state index in [1.54, 1.807) is 19.1 Å². The zero-order valence-corrected chi connectivity index (χ0v) is 12.5. The second-order valence-corrected chi connectivity index (χ2v) is 4.46.